The van der Waals surface area contributed by atoms with Crippen LogP contribution < -0.4 is 4.74 Å². The summed E-state index contributed by atoms with van der Waals surface area (Å²) in [6.07, 6.45) is 1.94. The van der Waals surface area contributed by atoms with Crippen molar-refractivity contribution in [3.8, 4) is 17.0 Å². The SMILES string of the molecule is O=C(CCCOc1ccc2ccccc2c1)N1CCc2[nH]nc(-c3ccc(Cl)cc3)c2C1. The first-order chi connectivity index (χ1) is 15.7. The zero-order valence-corrected chi connectivity index (χ0v) is 18.4. The van der Waals surface area contributed by atoms with Gasteiger partial charge in [-0.25, -0.2) is 0 Å². The first-order valence-corrected chi connectivity index (χ1v) is 11.3. The van der Waals surface area contributed by atoms with Crippen LogP contribution in [0.1, 0.15) is 24.1 Å². The number of aromatic nitrogens is 2. The quantitative estimate of drug-likeness (QED) is 0.391. The number of nitrogens with one attached hydrogen (secondary N) is 1. The Bertz CT molecular complexity index is 1250. The van der Waals surface area contributed by atoms with E-state index in [-0.39, 0.29) is 5.91 Å². The number of carbonyl (C=O) groups excluding carboxylic acids is 1. The molecule has 0 saturated carbocycles. The maximum atomic E-state index is 12.8. The number of amides is 1. The number of rotatable bonds is 6. The molecular formula is C26H24ClN3O2. The van der Waals surface area contributed by atoms with Crippen molar-refractivity contribution >= 4 is 28.3 Å². The molecule has 32 heavy (non-hydrogen) atoms. The molecule has 3 aromatic carbocycles. The van der Waals surface area contributed by atoms with E-state index in [9.17, 15) is 4.79 Å². The lowest BCUT2D eigenvalue weighted by molar-refractivity contribution is -0.132. The number of halogens is 1. The molecule has 2 heterocycles. The highest BCUT2D eigenvalue weighted by atomic mass is 35.5. The number of nitrogens with zero attached hydrogens (tertiary/aromatic N) is 2. The Balaban J connectivity index is 1.16. The third-order valence-corrected chi connectivity index (χ3v) is 6.18. The van der Waals surface area contributed by atoms with Crippen LogP contribution in [-0.2, 0) is 17.8 Å². The summed E-state index contributed by atoms with van der Waals surface area (Å²) in [6, 6.07) is 21.9. The number of H-pyrrole nitrogens is 1. The molecule has 0 aliphatic carbocycles. The van der Waals surface area contributed by atoms with Crippen LogP contribution in [0, 0.1) is 0 Å². The van der Waals surface area contributed by atoms with Crippen molar-refractivity contribution in [2.24, 2.45) is 0 Å². The molecule has 1 aliphatic heterocycles. The third kappa shape index (κ3) is 4.34. The topological polar surface area (TPSA) is 58.2 Å². The summed E-state index contributed by atoms with van der Waals surface area (Å²) in [5, 5.41) is 10.7. The van der Waals surface area contributed by atoms with Crippen molar-refractivity contribution in [3.05, 3.63) is 83.0 Å². The molecule has 0 radical (unpaired) electrons. The molecule has 0 spiro atoms. The monoisotopic (exact) mass is 445 g/mol. The van der Waals surface area contributed by atoms with Gasteiger partial charge in [-0.05, 0) is 41.5 Å². The number of ether oxygens (including phenoxy) is 1. The summed E-state index contributed by atoms with van der Waals surface area (Å²) >= 11 is 6.02. The molecule has 0 unspecified atom stereocenters. The molecule has 0 saturated heterocycles. The van der Waals surface area contributed by atoms with Crippen LogP contribution in [0.3, 0.4) is 0 Å². The van der Waals surface area contributed by atoms with Gasteiger partial charge in [-0.2, -0.15) is 5.10 Å². The largest absolute Gasteiger partial charge is 0.494 e. The first-order valence-electron chi connectivity index (χ1n) is 10.9. The minimum absolute atomic E-state index is 0.154. The molecule has 5 nitrogen and oxygen atoms in total. The molecule has 1 amide bonds. The average molecular weight is 446 g/mol. The highest BCUT2D eigenvalue weighted by Crippen LogP contribution is 2.29. The normalized spacial score (nSPS) is 13.2. The zero-order chi connectivity index (χ0) is 21.9. The van der Waals surface area contributed by atoms with Gasteiger partial charge in [-0.3, -0.25) is 9.89 Å². The van der Waals surface area contributed by atoms with Gasteiger partial charge in [0.1, 0.15) is 5.75 Å². The summed E-state index contributed by atoms with van der Waals surface area (Å²) in [5.74, 6) is 0.991. The van der Waals surface area contributed by atoms with E-state index in [1.165, 1.54) is 5.39 Å². The Hall–Kier alpha value is -3.31. The smallest absolute Gasteiger partial charge is 0.223 e. The Morgan fingerprint density at radius 2 is 1.88 bits per heavy atom. The second-order valence-electron chi connectivity index (χ2n) is 8.06. The van der Waals surface area contributed by atoms with E-state index in [2.05, 4.69) is 28.4 Å². The molecule has 5 rings (SSSR count). The average Bonchev–Trinajstić information content (AvgIpc) is 3.25. The summed E-state index contributed by atoms with van der Waals surface area (Å²) in [5.41, 5.74) is 4.11. The number of fused-ring (bicyclic) bond motifs is 2. The van der Waals surface area contributed by atoms with E-state index in [1.54, 1.807) is 0 Å². The van der Waals surface area contributed by atoms with Gasteiger partial charge in [0, 0.05) is 47.8 Å². The maximum absolute atomic E-state index is 12.8. The molecule has 162 valence electrons. The molecular weight excluding hydrogens is 422 g/mol. The van der Waals surface area contributed by atoms with Crippen molar-refractivity contribution in [1.29, 1.82) is 0 Å². The van der Waals surface area contributed by atoms with E-state index >= 15 is 0 Å². The number of benzene rings is 3. The van der Waals surface area contributed by atoms with E-state index in [0.717, 1.165) is 40.1 Å². The molecule has 1 aromatic heterocycles. The minimum Gasteiger partial charge on any atom is -0.494 e. The lowest BCUT2D eigenvalue weighted by atomic mass is 10.0. The Labute approximate surface area is 192 Å². The molecule has 0 atom stereocenters. The number of hydrogen-bond acceptors (Lipinski definition) is 3. The van der Waals surface area contributed by atoms with Crippen molar-refractivity contribution in [3.63, 3.8) is 0 Å². The van der Waals surface area contributed by atoms with Crippen LogP contribution in [-0.4, -0.2) is 34.2 Å². The predicted octanol–water partition coefficient (Wildman–Crippen LogP) is 5.63. The van der Waals surface area contributed by atoms with Crippen LogP contribution in [0.25, 0.3) is 22.0 Å². The highest BCUT2D eigenvalue weighted by molar-refractivity contribution is 6.30. The second kappa shape index (κ2) is 9.05. The molecule has 1 N–H and O–H groups in total. The van der Waals surface area contributed by atoms with Crippen LogP contribution in [0.2, 0.25) is 5.02 Å². The number of aromatic amines is 1. The van der Waals surface area contributed by atoms with E-state index in [4.69, 9.17) is 16.3 Å². The fraction of sp³-hybridized carbons (Fsp3) is 0.231. The van der Waals surface area contributed by atoms with Crippen molar-refractivity contribution in [1.82, 2.24) is 15.1 Å². The van der Waals surface area contributed by atoms with Gasteiger partial charge in [-0.1, -0.05) is 54.1 Å². The van der Waals surface area contributed by atoms with Crippen LogP contribution in [0.15, 0.2) is 66.7 Å². The second-order valence-corrected chi connectivity index (χ2v) is 8.50. The summed E-state index contributed by atoms with van der Waals surface area (Å²) in [6.45, 7) is 1.80. The van der Waals surface area contributed by atoms with Gasteiger partial charge < -0.3 is 9.64 Å². The number of carbonyl (C=O) groups is 1. The molecule has 0 bridgehead atoms. The fourth-order valence-corrected chi connectivity index (χ4v) is 4.31. The lowest BCUT2D eigenvalue weighted by Gasteiger charge is -2.27. The maximum Gasteiger partial charge on any atom is 0.223 e. The summed E-state index contributed by atoms with van der Waals surface area (Å²) in [4.78, 5) is 14.8. The highest BCUT2D eigenvalue weighted by Gasteiger charge is 2.25. The minimum atomic E-state index is 0.154. The van der Waals surface area contributed by atoms with Crippen LogP contribution in [0.5, 0.6) is 5.75 Å². The van der Waals surface area contributed by atoms with E-state index < -0.39 is 0 Å². The van der Waals surface area contributed by atoms with Gasteiger partial charge in [-0.15, -0.1) is 0 Å². The zero-order valence-electron chi connectivity index (χ0n) is 17.7. The van der Waals surface area contributed by atoms with Crippen molar-refractivity contribution in [2.45, 2.75) is 25.8 Å². The van der Waals surface area contributed by atoms with Crippen LogP contribution >= 0.6 is 11.6 Å². The van der Waals surface area contributed by atoms with Gasteiger partial charge in [0.25, 0.3) is 0 Å². The Kier molecular flexibility index (Phi) is 5.82. The van der Waals surface area contributed by atoms with Gasteiger partial charge in [0.05, 0.1) is 12.3 Å². The fourth-order valence-electron chi connectivity index (χ4n) is 4.18. The third-order valence-electron chi connectivity index (χ3n) is 5.93. The van der Waals surface area contributed by atoms with Gasteiger partial charge >= 0.3 is 0 Å². The standard InChI is InChI=1S/C26H24ClN3O2/c27-21-10-7-19(8-11-21)26-23-17-30(14-13-24(23)28-29-26)25(31)6-3-15-32-22-12-9-18-4-1-2-5-20(18)16-22/h1-2,4-5,7-12,16H,3,6,13-15,17H2,(H,28,29). The molecule has 6 heteroatoms. The Morgan fingerprint density at radius 3 is 2.72 bits per heavy atom. The van der Waals surface area contributed by atoms with Crippen molar-refractivity contribution < 1.29 is 9.53 Å². The molecule has 4 aromatic rings. The summed E-state index contributed by atoms with van der Waals surface area (Å²) in [7, 11) is 0. The first kappa shape index (κ1) is 20.6. The van der Waals surface area contributed by atoms with Gasteiger partial charge in [0.15, 0.2) is 0 Å². The summed E-state index contributed by atoms with van der Waals surface area (Å²) < 4.78 is 5.89. The van der Waals surface area contributed by atoms with Crippen LogP contribution in [0.4, 0.5) is 0 Å². The molecule has 0 fully saturated rings. The lowest BCUT2D eigenvalue weighted by Crippen LogP contribution is -2.36. The predicted molar refractivity (Wildman–Crippen MR) is 127 cm³/mol. The Morgan fingerprint density at radius 1 is 1.06 bits per heavy atom. The van der Waals surface area contributed by atoms with E-state index in [1.807, 2.05) is 53.4 Å². The number of hydrogen-bond donors (Lipinski definition) is 1. The van der Waals surface area contributed by atoms with Gasteiger partial charge in [0.2, 0.25) is 5.91 Å². The molecule has 1 aliphatic rings. The van der Waals surface area contributed by atoms with E-state index in [0.29, 0.717) is 37.6 Å². The van der Waals surface area contributed by atoms with Crippen molar-refractivity contribution in [2.75, 3.05) is 13.2 Å².